The van der Waals surface area contributed by atoms with E-state index >= 15 is 0 Å². The smallest absolute Gasteiger partial charge is 0.311 e. The van der Waals surface area contributed by atoms with Crippen LogP contribution in [0.5, 0.6) is 5.75 Å². The average Bonchev–Trinajstić information content (AvgIpc) is 3.48. The van der Waals surface area contributed by atoms with Crippen molar-refractivity contribution in [2.45, 2.75) is 174 Å². The molecule has 2 aliphatic heterocycles. The van der Waals surface area contributed by atoms with Crippen molar-refractivity contribution in [1.82, 2.24) is 20.4 Å². The first kappa shape index (κ1) is 45.1. The van der Waals surface area contributed by atoms with Gasteiger partial charge in [-0.1, -0.05) is 39.0 Å². The van der Waals surface area contributed by atoms with Gasteiger partial charge in [-0.25, -0.2) is 0 Å². The highest BCUT2D eigenvalue weighted by atomic mass is 16.7. The molecule has 1 aromatic heterocycles. The number of carbonyl (C=O) groups excluding carboxylic acids is 1. The molecule has 312 valence electrons. The van der Waals surface area contributed by atoms with Gasteiger partial charge in [-0.15, -0.1) is 0 Å². The van der Waals surface area contributed by atoms with E-state index in [9.17, 15) is 25.2 Å². The van der Waals surface area contributed by atoms with Gasteiger partial charge in [-0.05, 0) is 113 Å². The maximum absolute atomic E-state index is 13.7. The SMILES string of the molecule is CC[C@H]1OC(=O)[C@H](C)[C@@H](O)[C@H](C)[C@@H](O[C@@H]2O[C@H](C)C[C@H](N(C)C(C)(C)c3c(C)n[nH]c3C)[C@H]2Oc2ccccc2)[C@](C)(O)C[C@@H](C)CN[C@H](C)[C@@H](O)[C@]1(C)O. The van der Waals surface area contributed by atoms with Gasteiger partial charge in [0.05, 0.1) is 41.6 Å². The minimum absolute atomic E-state index is 0.142. The van der Waals surface area contributed by atoms with Crippen LogP contribution in [0.4, 0.5) is 0 Å². The van der Waals surface area contributed by atoms with Gasteiger partial charge in [0, 0.05) is 28.8 Å². The highest BCUT2D eigenvalue weighted by molar-refractivity contribution is 5.73. The Hall–Kier alpha value is -2.62. The maximum Gasteiger partial charge on any atom is 0.311 e. The van der Waals surface area contributed by atoms with Crippen molar-refractivity contribution in [3.8, 4) is 5.75 Å². The van der Waals surface area contributed by atoms with Crippen molar-refractivity contribution in [2.24, 2.45) is 17.8 Å². The van der Waals surface area contributed by atoms with E-state index in [0.29, 0.717) is 18.7 Å². The van der Waals surface area contributed by atoms with Crippen LogP contribution >= 0.6 is 0 Å². The van der Waals surface area contributed by atoms with E-state index in [0.717, 1.165) is 17.0 Å². The van der Waals surface area contributed by atoms with E-state index in [1.165, 1.54) is 6.92 Å². The van der Waals surface area contributed by atoms with Crippen LogP contribution in [-0.2, 0) is 24.5 Å². The largest absolute Gasteiger partial charge is 0.483 e. The number of aromatic nitrogens is 2. The normalized spacial score (nSPS) is 38.9. The number of aliphatic hydroxyl groups excluding tert-OH is 2. The van der Waals surface area contributed by atoms with Crippen LogP contribution in [0.25, 0.3) is 0 Å². The van der Waals surface area contributed by atoms with E-state index in [2.05, 4.69) is 41.3 Å². The number of likely N-dealkylation sites (N-methyl/N-ethyl adjacent to an activating group) is 1. The molecule has 2 saturated heterocycles. The first-order chi connectivity index (χ1) is 25.5. The van der Waals surface area contributed by atoms with E-state index in [1.54, 1.807) is 34.6 Å². The van der Waals surface area contributed by atoms with Gasteiger partial charge < -0.3 is 44.7 Å². The number of nitrogens with one attached hydrogen (secondary N) is 2. The third kappa shape index (κ3) is 9.92. The maximum atomic E-state index is 13.7. The zero-order valence-corrected chi connectivity index (χ0v) is 35.4. The lowest BCUT2D eigenvalue weighted by Gasteiger charge is -2.51. The van der Waals surface area contributed by atoms with Crippen molar-refractivity contribution >= 4 is 5.97 Å². The zero-order valence-electron chi connectivity index (χ0n) is 35.4. The Labute approximate surface area is 328 Å². The van der Waals surface area contributed by atoms with Gasteiger partial charge in [0.15, 0.2) is 12.4 Å². The topological polar surface area (TPSA) is 179 Å². The number of aliphatic hydroxyl groups is 4. The van der Waals surface area contributed by atoms with Crippen LogP contribution in [0.3, 0.4) is 0 Å². The molecule has 6 N–H and O–H groups in total. The van der Waals surface area contributed by atoms with Gasteiger partial charge in [-0.2, -0.15) is 5.10 Å². The van der Waals surface area contributed by atoms with Crippen LogP contribution in [-0.4, -0.2) is 121 Å². The number of aryl methyl sites for hydroxylation is 2. The second kappa shape index (κ2) is 17.9. The van der Waals surface area contributed by atoms with Gasteiger partial charge >= 0.3 is 5.97 Å². The number of aromatic amines is 1. The highest BCUT2D eigenvalue weighted by Gasteiger charge is 2.52. The van der Waals surface area contributed by atoms with Crippen LogP contribution < -0.4 is 10.1 Å². The van der Waals surface area contributed by atoms with Crippen molar-refractivity contribution in [1.29, 1.82) is 0 Å². The van der Waals surface area contributed by atoms with Gasteiger partial charge in [0.1, 0.15) is 23.6 Å². The van der Waals surface area contributed by atoms with Crippen LogP contribution in [0.1, 0.15) is 105 Å². The summed E-state index contributed by atoms with van der Waals surface area (Å²) in [5, 5.41) is 58.0. The molecule has 55 heavy (non-hydrogen) atoms. The molecule has 0 amide bonds. The number of benzene rings is 1. The lowest BCUT2D eigenvalue weighted by Crippen LogP contribution is -2.63. The van der Waals surface area contributed by atoms with Crippen molar-refractivity contribution in [3.05, 3.63) is 47.3 Å². The second-order valence-corrected chi connectivity index (χ2v) is 17.6. The summed E-state index contributed by atoms with van der Waals surface area (Å²) in [7, 11) is 2.07. The number of rotatable bonds is 8. The number of hydrogen-bond donors (Lipinski definition) is 6. The fourth-order valence-corrected chi connectivity index (χ4v) is 9.05. The molecule has 1 aromatic carbocycles. The summed E-state index contributed by atoms with van der Waals surface area (Å²) >= 11 is 0. The molecule has 0 bridgehead atoms. The quantitative estimate of drug-likeness (QED) is 0.209. The summed E-state index contributed by atoms with van der Waals surface area (Å²) in [4.78, 5) is 16.0. The van der Waals surface area contributed by atoms with E-state index in [-0.39, 0.29) is 30.9 Å². The van der Waals surface area contributed by atoms with Gasteiger partial charge in [0.2, 0.25) is 0 Å². The fourth-order valence-electron chi connectivity index (χ4n) is 9.05. The molecule has 2 fully saturated rings. The minimum Gasteiger partial charge on any atom is -0.483 e. The number of cyclic esters (lactones) is 1. The summed E-state index contributed by atoms with van der Waals surface area (Å²) in [5.74, 6) is -2.13. The molecule has 3 heterocycles. The minimum atomic E-state index is -1.77. The predicted octanol–water partition coefficient (Wildman–Crippen LogP) is 4.37. The lowest BCUT2D eigenvalue weighted by atomic mass is 9.78. The Kier molecular flexibility index (Phi) is 14.7. The lowest BCUT2D eigenvalue weighted by molar-refractivity contribution is -0.297. The molecule has 14 atom stereocenters. The molecule has 13 nitrogen and oxygen atoms in total. The molecular formula is C42H70N4O9. The summed E-state index contributed by atoms with van der Waals surface area (Å²) in [6.07, 6.45) is -5.56. The Morgan fingerprint density at radius 1 is 1.05 bits per heavy atom. The van der Waals surface area contributed by atoms with Crippen LogP contribution in [0.15, 0.2) is 30.3 Å². The molecule has 2 aromatic rings. The number of ether oxygens (including phenoxy) is 4. The summed E-state index contributed by atoms with van der Waals surface area (Å²) < 4.78 is 26.2. The van der Waals surface area contributed by atoms with Crippen LogP contribution in [0.2, 0.25) is 0 Å². The third-order valence-corrected chi connectivity index (χ3v) is 12.4. The van der Waals surface area contributed by atoms with Gasteiger partial charge in [-0.3, -0.25) is 14.8 Å². The second-order valence-electron chi connectivity index (χ2n) is 17.6. The van der Waals surface area contributed by atoms with E-state index in [1.807, 2.05) is 58.0 Å². The van der Waals surface area contributed by atoms with Crippen molar-refractivity contribution in [2.75, 3.05) is 13.6 Å². The number of hydrogen-bond acceptors (Lipinski definition) is 12. The number of para-hydroxylation sites is 1. The summed E-state index contributed by atoms with van der Waals surface area (Å²) in [6.45, 7) is 22.7. The molecule has 4 rings (SSSR count). The van der Waals surface area contributed by atoms with Gasteiger partial charge in [0.25, 0.3) is 0 Å². The molecule has 0 unspecified atom stereocenters. The average molecular weight is 775 g/mol. The molecule has 0 radical (unpaired) electrons. The zero-order chi connectivity index (χ0) is 41.2. The number of nitrogens with zero attached hydrogens (tertiary/aromatic N) is 2. The number of esters is 1. The molecule has 0 spiro atoms. The predicted molar refractivity (Wildman–Crippen MR) is 210 cm³/mol. The standard InChI is InChI=1S/C42H70N4O9/c1-14-32-42(12,51)36(48)29(8)43-22-23(2)21-41(11,50)37(25(4)34(47)26(5)38(49)54-32)55-39-35(53-30-18-16-15-17-19-30)31(20-24(3)52-39)46(13)40(9,10)33-27(6)44-45-28(33)7/h15-19,23-26,29,31-32,34-37,39,43,47-48,50-51H,14,20-22H2,1-13H3,(H,44,45)/t23-,24-,25+,26-,29-,31+,32-,34+,35-,36-,37-,39+,41-,42-/m1/s1. The Morgan fingerprint density at radius 2 is 1.69 bits per heavy atom. The van der Waals surface area contributed by atoms with E-state index in [4.69, 9.17) is 18.9 Å². The molecule has 0 saturated carbocycles. The third-order valence-electron chi connectivity index (χ3n) is 12.4. The Morgan fingerprint density at radius 3 is 2.27 bits per heavy atom. The molecule has 2 aliphatic rings. The summed E-state index contributed by atoms with van der Waals surface area (Å²) in [6, 6.07) is 8.68. The Balaban J connectivity index is 1.78. The first-order valence-electron chi connectivity index (χ1n) is 20.1. The van der Waals surface area contributed by atoms with E-state index < -0.39 is 77.4 Å². The summed E-state index contributed by atoms with van der Waals surface area (Å²) in [5.41, 5.74) is -0.837. The monoisotopic (exact) mass is 775 g/mol. The molecule has 13 heteroatoms. The fraction of sp³-hybridized carbons (Fsp3) is 0.762. The number of H-pyrrole nitrogens is 1. The Bertz CT molecular complexity index is 1510. The number of carbonyl (C=O) groups is 1. The highest BCUT2D eigenvalue weighted by Crippen LogP contribution is 2.40. The molecular weight excluding hydrogens is 704 g/mol. The van der Waals surface area contributed by atoms with Crippen molar-refractivity contribution in [3.63, 3.8) is 0 Å². The first-order valence-corrected chi connectivity index (χ1v) is 20.1. The molecule has 0 aliphatic carbocycles. The van der Waals surface area contributed by atoms with Crippen molar-refractivity contribution < 1.29 is 44.2 Å². The van der Waals surface area contributed by atoms with Crippen LogP contribution in [0, 0.1) is 31.6 Å².